The molecular formula is C13H15ClN4O3. The number of benzene rings is 1. The lowest BCUT2D eigenvalue weighted by molar-refractivity contribution is 0.252. The zero-order valence-corrected chi connectivity index (χ0v) is 12.4. The first-order valence-electron chi connectivity index (χ1n) is 6.26. The number of hydrogen-bond acceptors (Lipinski definition) is 5. The summed E-state index contributed by atoms with van der Waals surface area (Å²) in [5.41, 5.74) is 0.498. The van der Waals surface area contributed by atoms with E-state index in [0.717, 1.165) is 0 Å². The second kappa shape index (κ2) is 6.94. The van der Waals surface area contributed by atoms with Crippen LogP contribution in [0.5, 0.6) is 5.75 Å². The number of urea groups is 1. The lowest BCUT2D eigenvalue weighted by Crippen LogP contribution is -2.30. The minimum absolute atomic E-state index is 0.365. The molecule has 0 spiro atoms. The number of aryl methyl sites for hydroxylation is 1. The van der Waals surface area contributed by atoms with Gasteiger partial charge < -0.3 is 19.9 Å². The number of carbonyl (C=O) groups excluding carboxylic acids is 1. The van der Waals surface area contributed by atoms with Crippen LogP contribution < -0.4 is 15.4 Å². The molecule has 0 aliphatic heterocycles. The minimum Gasteiger partial charge on any atom is -0.495 e. The molecule has 0 aliphatic rings. The molecule has 0 bridgehead atoms. The van der Waals surface area contributed by atoms with Crippen molar-refractivity contribution < 1.29 is 14.1 Å². The lowest BCUT2D eigenvalue weighted by atomic mass is 10.3. The Labute approximate surface area is 126 Å². The first kappa shape index (κ1) is 15.1. The van der Waals surface area contributed by atoms with Crippen molar-refractivity contribution in [3.63, 3.8) is 0 Å². The van der Waals surface area contributed by atoms with Gasteiger partial charge in [-0.1, -0.05) is 16.8 Å². The number of halogens is 1. The molecule has 2 rings (SSSR count). The van der Waals surface area contributed by atoms with Crippen LogP contribution in [0.15, 0.2) is 22.7 Å². The zero-order chi connectivity index (χ0) is 15.2. The molecule has 0 atom stereocenters. The average Bonchev–Trinajstić information content (AvgIpc) is 2.85. The Kier molecular flexibility index (Phi) is 4.99. The molecule has 0 saturated carbocycles. The molecule has 112 valence electrons. The van der Waals surface area contributed by atoms with E-state index < -0.39 is 0 Å². The normalized spacial score (nSPS) is 10.2. The topological polar surface area (TPSA) is 89.3 Å². The van der Waals surface area contributed by atoms with Crippen molar-refractivity contribution in [2.75, 3.05) is 19.0 Å². The van der Waals surface area contributed by atoms with E-state index in [1.807, 2.05) is 0 Å². The second-order valence-corrected chi connectivity index (χ2v) is 4.64. The summed E-state index contributed by atoms with van der Waals surface area (Å²) >= 11 is 5.89. The number of aromatic nitrogens is 2. The molecule has 2 N–H and O–H groups in total. The average molecular weight is 311 g/mol. The number of methoxy groups -OCH3 is 1. The van der Waals surface area contributed by atoms with Gasteiger partial charge in [0.2, 0.25) is 5.89 Å². The molecule has 2 amide bonds. The summed E-state index contributed by atoms with van der Waals surface area (Å²) in [5, 5.41) is 9.61. The van der Waals surface area contributed by atoms with Gasteiger partial charge in [0.1, 0.15) is 5.75 Å². The highest BCUT2D eigenvalue weighted by molar-refractivity contribution is 6.31. The van der Waals surface area contributed by atoms with Gasteiger partial charge >= 0.3 is 6.03 Å². The van der Waals surface area contributed by atoms with Crippen molar-refractivity contribution in [1.29, 1.82) is 0 Å². The molecule has 0 saturated heterocycles. The van der Waals surface area contributed by atoms with Crippen LogP contribution in [0.4, 0.5) is 10.5 Å². The van der Waals surface area contributed by atoms with E-state index in [2.05, 4.69) is 20.8 Å². The van der Waals surface area contributed by atoms with Gasteiger partial charge in [-0.15, -0.1) is 0 Å². The van der Waals surface area contributed by atoms with Gasteiger partial charge in [-0.05, 0) is 18.2 Å². The number of hydrogen-bond donors (Lipinski definition) is 2. The molecule has 7 nitrogen and oxygen atoms in total. The predicted octanol–water partition coefficient (Wildman–Crippen LogP) is 2.40. The molecule has 0 fully saturated rings. The maximum Gasteiger partial charge on any atom is 0.319 e. The molecule has 0 unspecified atom stereocenters. The fourth-order valence-electron chi connectivity index (χ4n) is 1.68. The molecule has 1 aromatic carbocycles. The number of ether oxygens (including phenoxy) is 1. The molecule has 1 heterocycles. The third kappa shape index (κ3) is 4.35. The monoisotopic (exact) mass is 310 g/mol. The first-order chi connectivity index (χ1) is 10.1. The summed E-state index contributed by atoms with van der Waals surface area (Å²) < 4.78 is 9.98. The third-order valence-electron chi connectivity index (χ3n) is 2.61. The van der Waals surface area contributed by atoms with E-state index in [4.69, 9.17) is 20.9 Å². The van der Waals surface area contributed by atoms with Crippen LogP contribution in [0, 0.1) is 6.92 Å². The quantitative estimate of drug-likeness (QED) is 0.885. The summed E-state index contributed by atoms with van der Waals surface area (Å²) in [6.45, 7) is 2.09. The number of rotatable bonds is 5. The maximum atomic E-state index is 11.8. The van der Waals surface area contributed by atoms with Crippen LogP contribution in [0.3, 0.4) is 0 Å². The number of nitrogens with one attached hydrogen (secondary N) is 2. The van der Waals surface area contributed by atoms with Crippen LogP contribution in [0.2, 0.25) is 5.02 Å². The Balaban J connectivity index is 1.85. The molecular weight excluding hydrogens is 296 g/mol. The number of amides is 2. The van der Waals surface area contributed by atoms with Gasteiger partial charge in [-0.3, -0.25) is 0 Å². The van der Waals surface area contributed by atoms with Gasteiger partial charge in [0.25, 0.3) is 0 Å². The van der Waals surface area contributed by atoms with Gasteiger partial charge in [-0.25, -0.2) is 4.79 Å². The number of anilines is 1. The van der Waals surface area contributed by atoms with Crippen molar-refractivity contribution in [1.82, 2.24) is 15.5 Å². The predicted molar refractivity (Wildman–Crippen MR) is 77.8 cm³/mol. The Hall–Kier alpha value is -2.28. The van der Waals surface area contributed by atoms with Crippen LogP contribution >= 0.6 is 11.6 Å². The molecule has 1 aromatic heterocycles. The van der Waals surface area contributed by atoms with Crippen LogP contribution in [-0.2, 0) is 6.42 Å². The number of carbonyl (C=O) groups is 1. The van der Waals surface area contributed by atoms with Crippen LogP contribution in [0.25, 0.3) is 0 Å². The second-order valence-electron chi connectivity index (χ2n) is 4.21. The van der Waals surface area contributed by atoms with Crippen molar-refractivity contribution in [2.24, 2.45) is 0 Å². The summed E-state index contributed by atoms with van der Waals surface area (Å²) in [6.07, 6.45) is 0.484. The first-order valence-corrected chi connectivity index (χ1v) is 6.64. The summed E-state index contributed by atoms with van der Waals surface area (Å²) in [7, 11) is 1.52. The van der Waals surface area contributed by atoms with Crippen LogP contribution in [0.1, 0.15) is 11.7 Å². The highest BCUT2D eigenvalue weighted by Crippen LogP contribution is 2.27. The summed E-state index contributed by atoms with van der Waals surface area (Å²) in [6, 6.07) is 4.61. The van der Waals surface area contributed by atoms with Crippen molar-refractivity contribution in [3.05, 3.63) is 34.9 Å². The third-order valence-corrected chi connectivity index (χ3v) is 2.85. The minimum atomic E-state index is -0.365. The maximum absolute atomic E-state index is 11.8. The highest BCUT2D eigenvalue weighted by atomic mass is 35.5. The zero-order valence-electron chi connectivity index (χ0n) is 11.6. The van der Waals surface area contributed by atoms with E-state index >= 15 is 0 Å². The molecule has 2 aromatic rings. The number of nitrogens with zero attached hydrogens (tertiary/aromatic N) is 2. The fraction of sp³-hybridized carbons (Fsp3) is 0.308. The Bertz CT molecular complexity index is 630. The SMILES string of the molecule is COc1ccc(Cl)cc1NC(=O)NCCc1noc(C)n1. The lowest BCUT2D eigenvalue weighted by Gasteiger charge is -2.11. The van der Waals surface area contributed by atoms with Crippen molar-refractivity contribution >= 4 is 23.3 Å². The van der Waals surface area contributed by atoms with Gasteiger partial charge in [-0.2, -0.15) is 4.98 Å². The van der Waals surface area contributed by atoms with E-state index in [1.54, 1.807) is 25.1 Å². The molecule has 8 heteroatoms. The summed E-state index contributed by atoms with van der Waals surface area (Å²) in [5.74, 6) is 1.58. The van der Waals surface area contributed by atoms with Crippen LogP contribution in [-0.4, -0.2) is 29.8 Å². The van der Waals surface area contributed by atoms with Gasteiger partial charge in [0, 0.05) is 24.9 Å². The van der Waals surface area contributed by atoms with Gasteiger partial charge in [0.15, 0.2) is 5.82 Å². The van der Waals surface area contributed by atoms with E-state index in [1.165, 1.54) is 7.11 Å². The molecule has 0 radical (unpaired) electrons. The smallest absolute Gasteiger partial charge is 0.319 e. The van der Waals surface area contributed by atoms with E-state index in [9.17, 15) is 4.79 Å². The summed E-state index contributed by atoms with van der Waals surface area (Å²) in [4.78, 5) is 15.8. The standard InChI is InChI=1S/C13H15ClN4O3/c1-8-16-12(18-21-8)5-6-15-13(19)17-10-7-9(14)3-4-11(10)20-2/h3-4,7H,5-6H2,1-2H3,(H2,15,17,19). The van der Waals surface area contributed by atoms with E-state index in [-0.39, 0.29) is 6.03 Å². The van der Waals surface area contributed by atoms with Gasteiger partial charge in [0.05, 0.1) is 12.8 Å². The van der Waals surface area contributed by atoms with E-state index in [0.29, 0.717) is 41.1 Å². The molecule has 0 aliphatic carbocycles. The largest absolute Gasteiger partial charge is 0.495 e. The Morgan fingerprint density at radius 3 is 2.95 bits per heavy atom. The van der Waals surface area contributed by atoms with Crippen molar-refractivity contribution in [2.45, 2.75) is 13.3 Å². The highest BCUT2D eigenvalue weighted by Gasteiger charge is 2.08. The fourth-order valence-corrected chi connectivity index (χ4v) is 1.85. The Morgan fingerprint density at radius 1 is 1.48 bits per heavy atom. The molecule has 21 heavy (non-hydrogen) atoms. The van der Waals surface area contributed by atoms with Crippen molar-refractivity contribution in [3.8, 4) is 5.75 Å². The Morgan fingerprint density at radius 2 is 2.29 bits per heavy atom.